The van der Waals surface area contributed by atoms with E-state index in [1.54, 1.807) is 48.5 Å². The van der Waals surface area contributed by atoms with Crippen molar-refractivity contribution in [3.8, 4) is 6.07 Å². The van der Waals surface area contributed by atoms with Crippen LogP contribution in [0.1, 0.15) is 35.3 Å². The highest BCUT2D eigenvalue weighted by atomic mass is 32.2. The van der Waals surface area contributed by atoms with E-state index in [9.17, 15) is 9.00 Å². The van der Waals surface area contributed by atoms with Crippen LogP contribution >= 0.6 is 0 Å². The summed E-state index contributed by atoms with van der Waals surface area (Å²) in [7, 11) is -1.02. The highest BCUT2D eigenvalue weighted by Crippen LogP contribution is 2.19. The van der Waals surface area contributed by atoms with Gasteiger partial charge >= 0.3 is 0 Å². The second kappa shape index (κ2) is 8.27. The highest BCUT2D eigenvalue weighted by molar-refractivity contribution is 7.85. The first kappa shape index (κ1) is 17.7. The van der Waals surface area contributed by atoms with Crippen LogP contribution in [0.5, 0.6) is 0 Å². The van der Waals surface area contributed by atoms with E-state index in [1.807, 2.05) is 6.92 Å². The molecule has 0 aliphatic heterocycles. The molecule has 2 rings (SSSR count). The zero-order chi connectivity index (χ0) is 17.5. The van der Waals surface area contributed by atoms with Crippen molar-refractivity contribution in [3.05, 3.63) is 59.7 Å². The first-order chi connectivity index (χ1) is 11.5. The molecule has 0 radical (unpaired) electrons. The van der Waals surface area contributed by atoms with Crippen LogP contribution in [0.25, 0.3) is 0 Å². The molecule has 124 valence electrons. The van der Waals surface area contributed by atoms with Gasteiger partial charge in [0, 0.05) is 21.9 Å². The van der Waals surface area contributed by atoms with Crippen LogP contribution in [0, 0.1) is 11.3 Å². The Labute approximate surface area is 143 Å². The smallest absolute Gasteiger partial charge is 0.251 e. The zero-order valence-electron chi connectivity index (χ0n) is 13.4. The monoisotopic (exact) mass is 341 g/mol. The summed E-state index contributed by atoms with van der Waals surface area (Å²) in [5.74, 6) is 0.283. The van der Waals surface area contributed by atoms with Gasteiger partial charge in [0.2, 0.25) is 0 Å². The molecule has 6 heteroatoms. The van der Waals surface area contributed by atoms with Crippen LogP contribution < -0.4 is 11.1 Å². The first-order valence-electron chi connectivity index (χ1n) is 7.56. The van der Waals surface area contributed by atoms with Crippen molar-refractivity contribution < 1.29 is 9.00 Å². The minimum atomic E-state index is -1.02. The molecule has 0 aromatic heterocycles. The van der Waals surface area contributed by atoms with Gasteiger partial charge < -0.3 is 11.1 Å². The summed E-state index contributed by atoms with van der Waals surface area (Å²) in [6, 6.07) is 15.4. The highest BCUT2D eigenvalue weighted by Gasteiger charge is 2.16. The van der Waals surface area contributed by atoms with Gasteiger partial charge in [0.15, 0.2) is 0 Å². The minimum absolute atomic E-state index is 0.150. The van der Waals surface area contributed by atoms with Gasteiger partial charge in [0.25, 0.3) is 5.91 Å². The second-order valence-electron chi connectivity index (χ2n) is 5.21. The molecule has 0 saturated heterocycles. The number of rotatable bonds is 6. The van der Waals surface area contributed by atoms with Crippen molar-refractivity contribution in [1.29, 1.82) is 5.26 Å². The van der Waals surface area contributed by atoms with Gasteiger partial charge in [-0.1, -0.05) is 19.1 Å². The fourth-order valence-corrected chi connectivity index (χ4v) is 3.01. The average Bonchev–Trinajstić information content (AvgIpc) is 2.61. The second-order valence-corrected chi connectivity index (χ2v) is 6.95. The predicted octanol–water partition coefficient (Wildman–Crippen LogP) is 2.78. The third-order valence-corrected chi connectivity index (χ3v) is 4.90. The Kier molecular flexibility index (Phi) is 6.10. The van der Waals surface area contributed by atoms with E-state index in [4.69, 9.17) is 11.0 Å². The molecule has 0 aliphatic carbocycles. The van der Waals surface area contributed by atoms with Crippen molar-refractivity contribution in [2.45, 2.75) is 24.3 Å². The molecule has 0 saturated carbocycles. The molecule has 2 atom stereocenters. The standard InChI is InChI=1S/C18H19N3O2S/c1-2-24(23)16-9-5-13(6-10-16)17(11-12-19)21-18(22)14-3-7-15(20)8-4-14/h3-10,17H,2,11,20H2,1H3,(H,21,22)/t17-,24?/m0/s1. The Balaban J connectivity index is 2.17. The first-order valence-corrected chi connectivity index (χ1v) is 8.88. The van der Waals surface area contributed by atoms with E-state index >= 15 is 0 Å². The number of nitrogens with two attached hydrogens (primary N) is 1. The summed E-state index contributed by atoms with van der Waals surface area (Å²) in [5, 5.41) is 11.9. The molecule has 0 fully saturated rings. The van der Waals surface area contributed by atoms with Crippen molar-refractivity contribution in [1.82, 2.24) is 5.32 Å². The number of nitrogens with one attached hydrogen (secondary N) is 1. The third-order valence-electron chi connectivity index (χ3n) is 3.58. The normalized spacial score (nSPS) is 12.8. The van der Waals surface area contributed by atoms with Crippen molar-refractivity contribution in [2.24, 2.45) is 0 Å². The van der Waals surface area contributed by atoms with Crippen LogP contribution in [-0.4, -0.2) is 15.9 Å². The number of carbonyl (C=O) groups excluding carboxylic acids is 1. The number of anilines is 1. The molecular weight excluding hydrogens is 322 g/mol. The maximum absolute atomic E-state index is 12.3. The van der Waals surface area contributed by atoms with Crippen LogP contribution in [-0.2, 0) is 10.8 Å². The number of amides is 1. The van der Waals surface area contributed by atoms with Crippen LogP contribution in [0.4, 0.5) is 5.69 Å². The largest absolute Gasteiger partial charge is 0.399 e. The number of hydrogen-bond acceptors (Lipinski definition) is 4. The number of carbonyl (C=O) groups is 1. The molecule has 0 bridgehead atoms. The number of nitriles is 1. The van der Waals surface area contributed by atoms with Gasteiger partial charge in [0.05, 0.1) is 29.3 Å². The minimum Gasteiger partial charge on any atom is -0.399 e. The lowest BCUT2D eigenvalue weighted by Gasteiger charge is -2.17. The fourth-order valence-electron chi connectivity index (χ4n) is 2.24. The Morgan fingerprint density at radius 1 is 1.21 bits per heavy atom. The lowest BCUT2D eigenvalue weighted by atomic mass is 10.0. The topological polar surface area (TPSA) is 96.0 Å². The number of nitrogens with zero attached hydrogens (tertiary/aromatic N) is 1. The van der Waals surface area contributed by atoms with Crippen LogP contribution in [0.15, 0.2) is 53.4 Å². The van der Waals surface area contributed by atoms with Crippen molar-refractivity contribution in [2.75, 3.05) is 11.5 Å². The van der Waals surface area contributed by atoms with Gasteiger partial charge in [-0.15, -0.1) is 0 Å². The van der Waals surface area contributed by atoms with E-state index in [-0.39, 0.29) is 12.3 Å². The molecule has 5 nitrogen and oxygen atoms in total. The van der Waals surface area contributed by atoms with Gasteiger partial charge in [-0.3, -0.25) is 9.00 Å². The number of hydrogen-bond donors (Lipinski definition) is 2. The average molecular weight is 341 g/mol. The van der Waals surface area contributed by atoms with Gasteiger partial charge in [-0.05, 0) is 42.0 Å². The van der Waals surface area contributed by atoms with Crippen LogP contribution in [0.3, 0.4) is 0 Å². The molecule has 0 aliphatic rings. The molecule has 24 heavy (non-hydrogen) atoms. The van der Waals surface area contributed by atoms with E-state index < -0.39 is 16.8 Å². The van der Waals surface area contributed by atoms with Gasteiger partial charge in [-0.25, -0.2) is 0 Å². The quantitative estimate of drug-likeness (QED) is 0.790. The Bertz CT molecular complexity index is 764. The lowest BCUT2D eigenvalue weighted by Crippen LogP contribution is -2.28. The van der Waals surface area contributed by atoms with E-state index in [0.29, 0.717) is 17.0 Å². The summed E-state index contributed by atoms with van der Waals surface area (Å²) in [4.78, 5) is 13.1. The Hall–Kier alpha value is -2.65. The van der Waals surface area contributed by atoms with Gasteiger partial charge in [-0.2, -0.15) is 5.26 Å². The van der Waals surface area contributed by atoms with E-state index in [1.165, 1.54) is 0 Å². The van der Waals surface area contributed by atoms with Crippen molar-refractivity contribution in [3.63, 3.8) is 0 Å². The van der Waals surface area contributed by atoms with Crippen molar-refractivity contribution >= 4 is 22.4 Å². The Morgan fingerprint density at radius 2 is 1.83 bits per heavy atom. The van der Waals surface area contributed by atoms with E-state index in [2.05, 4.69) is 11.4 Å². The lowest BCUT2D eigenvalue weighted by molar-refractivity contribution is 0.0937. The summed E-state index contributed by atoms with van der Waals surface area (Å²) in [6.07, 6.45) is 0.150. The summed E-state index contributed by atoms with van der Waals surface area (Å²) in [5.41, 5.74) is 7.49. The molecule has 0 spiro atoms. The molecule has 2 aromatic carbocycles. The number of benzene rings is 2. The van der Waals surface area contributed by atoms with E-state index in [0.717, 1.165) is 10.5 Å². The predicted molar refractivity (Wildman–Crippen MR) is 94.7 cm³/mol. The molecule has 3 N–H and O–H groups in total. The molecule has 0 heterocycles. The number of nitrogen functional groups attached to an aromatic ring is 1. The van der Waals surface area contributed by atoms with Crippen LogP contribution in [0.2, 0.25) is 0 Å². The maximum atomic E-state index is 12.3. The SMILES string of the molecule is CCS(=O)c1ccc([C@H](CC#N)NC(=O)c2ccc(N)cc2)cc1. The molecule has 1 unspecified atom stereocenters. The summed E-state index contributed by atoms with van der Waals surface area (Å²) >= 11 is 0. The third kappa shape index (κ3) is 4.43. The van der Waals surface area contributed by atoms with Gasteiger partial charge in [0.1, 0.15) is 0 Å². The maximum Gasteiger partial charge on any atom is 0.251 e. The summed E-state index contributed by atoms with van der Waals surface area (Å²) in [6.45, 7) is 1.86. The molecule has 1 amide bonds. The zero-order valence-corrected chi connectivity index (χ0v) is 14.2. The summed E-state index contributed by atoms with van der Waals surface area (Å²) < 4.78 is 11.8. The fraction of sp³-hybridized carbons (Fsp3) is 0.222. The molecular formula is C18H19N3O2S. The Morgan fingerprint density at radius 3 is 2.38 bits per heavy atom. The molecule has 2 aromatic rings.